The first-order valence-electron chi connectivity index (χ1n) is 7.68. The lowest BCUT2D eigenvalue weighted by Gasteiger charge is -2.37. The number of aliphatic hydroxyl groups excluding tert-OH is 1. The average Bonchev–Trinajstić information content (AvgIpc) is 2.32. The van der Waals surface area contributed by atoms with Gasteiger partial charge in [-0.25, -0.2) is 4.79 Å². The Kier molecular flexibility index (Phi) is 6.76. The van der Waals surface area contributed by atoms with Gasteiger partial charge in [-0.05, 0) is 59.9 Å². The maximum absolute atomic E-state index is 12.2. The zero-order valence-electron chi connectivity index (χ0n) is 13.3. The summed E-state index contributed by atoms with van der Waals surface area (Å²) >= 11 is 0. The Labute approximate surface area is 122 Å². The van der Waals surface area contributed by atoms with E-state index in [9.17, 15) is 9.90 Å². The fourth-order valence-electron chi connectivity index (χ4n) is 2.35. The number of rotatable bonds is 5. The lowest BCUT2D eigenvalue weighted by atomic mass is 10.0. The van der Waals surface area contributed by atoms with Crippen LogP contribution < -0.4 is 5.32 Å². The Balaban J connectivity index is 2.43. The van der Waals surface area contributed by atoms with Crippen molar-refractivity contribution in [3.8, 4) is 0 Å². The van der Waals surface area contributed by atoms with Gasteiger partial charge in [-0.1, -0.05) is 0 Å². The molecule has 0 aliphatic carbocycles. The number of carbonyl (C=O) groups is 1. The van der Waals surface area contributed by atoms with Crippen molar-refractivity contribution in [2.45, 2.75) is 71.1 Å². The molecular weight excluding hydrogens is 256 g/mol. The lowest BCUT2D eigenvalue weighted by Crippen LogP contribution is -2.50. The van der Waals surface area contributed by atoms with Gasteiger partial charge in [0, 0.05) is 19.1 Å². The highest BCUT2D eigenvalue weighted by atomic mass is 16.6. The van der Waals surface area contributed by atoms with Crippen LogP contribution >= 0.6 is 0 Å². The molecule has 20 heavy (non-hydrogen) atoms. The number of amides is 1. The maximum Gasteiger partial charge on any atom is 0.410 e. The van der Waals surface area contributed by atoms with E-state index in [-0.39, 0.29) is 18.2 Å². The zero-order chi connectivity index (χ0) is 15.2. The lowest BCUT2D eigenvalue weighted by molar-refractivity contribution is 0.00987. The summed E-state index contributed by atoms with van der Waals surface area (Å²) in [5.74, 6) is 0. The summed E-state index contributed by atoms with van der Waals surface area (Å²) in [5, 5.41) is 12.6. The van der Waals surface area contributed by atoms with E-state index in [0.717, 1.165) is 45.3 Å². The molecule has 1 fully saturated rings. The highest BCUT2D eigenvalue weighted by Gasteiger charge is 2.29. The third-order valence-corrected chi connectivity index (χ3v) is 3.37. The van der Waals surface area contributed by atoms with Crippen LogP contribution in [0, 0.1) is 0 Å². The monoisotopic (exact) mass is 286 g/mol. The topological polar surface area (TPSA) is 61.8 Å². The number of ether oxygens (including phenoxy) is 1. The summed E-state index contributed by atoms with van der Waals surface area (Å²) in [6.45, 7) is 9.79. The van der Waals surface area contributed by atoms with Crippen molar-refractivity contribution in [2.75, 3.05) is 19.6 Å². The second kappa shape index (κ2) is 7.84. The number of nitrogens with one attached hydrogen (secondary N) is 1. The largest absolute Gasteiger partial charge is 0.444 e. The summed E-state index contributed by atoms with van der Waals surface area (Å²) < 4.78 is 5.47. The van der Waals surface area contributed by atoms with Crippen LogP contribution in [-0.4, -0.2) is 53.5 Å². The number of carbonyl (C=O) groups excluding carboxylic acids is 1. The Morgan fingerprint density at radius 3 is 2.75 bits per heavy atom. The molecule has 1 rings (SSSR count). The summed E-state index contributed by atoms with van der Waals surface area (Å²) in [6, 6.07) is 0.201. The minimum absolute atomic E-state index is 0.201. The third kappa shape index (κ3) is 6.57. The molecule has 1 heterocycles. The van der Waals surface area contributed by atoms with Crippen LogP contribution in [0.2, 0.25) is 0 Å². The van der Waals surface area contributed by atoms with Crippen LogP contribution in [0.5, 0.6) is 0 Å². The molecule has 0 spiro atoms. The van der Waals surface area contributed by atoms with Gasteiger partial charge in [-0.15, -0.1) is 0 Å². The van der Waals surface area contributed by atoms with Crippen LogP contribution in [0.4, 0.5) is 4.79 Å². The van der Waals surface area contributed by atoms with Crippen molar-refractivity contribution in [3.05, 3.63) is 0 Å². The molecule has 0 saturated carbocycles. The normalized spacial score (nSPS) is 21.6. The van der Waals surface area contributed by atoms with Gasteiger partial charge in [0.25, 0.3) is 0 Å². The predicted octanol–water partition coefficient (Wildman–Crippen LogP) is 2.14. The van der Waals surface area contributed by atoms with Crippen LogP contribution in [0.25, 0.3) is 0 Å². The van der Waals surface area contributed by atoms with E-state index < -0.39 is 5.60 Å². The average molecular weight is 286 g/mol. The molecule has 0 bridgehead atoms. The van der Waals surface area contributed by atoms with Crippen LogP contribution in [0.15, 0.2) is 0 Å². The summed E-state index contributed by atoms with van der Waals surface area (Å²) in [4.78, 5) is 14.1. The Morgan fingerprint density at radius 2 is 2.15 bits per heavy atom. The molecule has 2 unspecified atom stereocenters. The van der Waals surface area contributed by atoms with E-state index in [4.69, 9.17) is 4.74 Å². The predicted molar refractivity (Wildman–Crippen MR) is 79.7 cm³/mol. The van der Waals surface area contributed by atoms with Crippen molar-refractivity contribution in [1.29, 1.82) is 0 Å². The van der Waals surface area contributed by atoms with Crippen molar-refractivity contribution in [2.24, 2.45) is 0 Å². The first-order valence-corrected chi connectivity index (χ1v) is 7.68. The molecule has 2 N–H and O–H groups in total. The Hall–Kier alpha value is -0.810. The van der Waals surface area contributed by atoms with Crippen molar-refractivity contribution < 1.29 is 14.6 Å². The Morgan fingerprint density at radius 1 is 1.45 bits per heavy atom. The number of likely N-dealkylation sites (tertiary alicyclic amines) is 1. The zero-order valence-corrected chi connectivity index (χ0v) is 13.3. The highest BCUT2D eigenvalue weighted by Crippen LogP contribution is 2.20. The molecule has 0 aromatic heterocycles. The molecule has 2 atom stereocenters. The third-order valence-electron chi connectivity index (χ3n) is 3.37. The first-order chi connectivity index (χ1) is 9.29. The molecule has 1 aliphatic rings. The van der Waals surface area contributed by atoms with E-state index in [0.29, 0.717) is 0 Å². The van der Waals surface area contributed by atoms with Gasteiger partial charge in [0.1, 0.15) is 5.60 Å². The second-order valence-electron chi connectivity index (χ2n) is 6.67. The van der Waals surface area contributed by atoms with E-state index in [2.05, 4.69) is 5.32 Å². The smallest absolute Gasteiger partial charge is 0.410 e. The molecule has 0 aromatic rings. The molecule has 118 valence electrons. The molecular formula is C15H30N2O3. The quantitative estimate of drug-likeness (QED) is 0.760. The van der Waals surface area contributed by atoms with E-state index in [1.165, 1.54) is 0 Å². The second-order valence-corrected chi connectivity index (χ2v) is 6.67. The standard InChI is InChI=1S/C15H30N2O3/c1-12(18)8-9-16-11-13-7-5-6-10-17(13)14(19)20-15(2,3)4/h12-13,16,18H,5-11H2,1-4H3. The van der Waals surface area contributed by atoms with Crippen molar-refractivity contribution in [3.63, 3.8) is 0 Å². The van der Waals surface area contributed by atoms with Gasteiger partial charge >= 0.3 is 6.09 Å². The molecule has 0 aromatic carbocycles. The maximum atomic E-state index is 12.2. The van der Waals surface area contributed by atoms with Gasteiger partial charge < -0.3 is 20.1 Å². The summed E-state index contributed by atoms with van der Waals surface area (Å²) in [7, 11) is 0. The van der Waals surface area contributed by atoms with E-state index in [1.807, 2.05) is 25.7 Å². The Bertz CT molecular complexity index is 300. The van der Waals surface area contributed by atoms with Crippen molar-refractivity contribution in [1.82, 2.24) is 10.2 Å². The minimum atomic E-state index is -0.446. The molecule has 1 saturated heterocycles. The summed E-state index contributed by atoms with van der Waals surface area (Å²) in [5.41, 5.74) is -0.446. The van der Waals surface area contributed by atoms with E-state index >= 15 is 0 Å². The van der Waals surface area contributed by atoms with Gasteiger partial charge in [0.2, 0.25) is 0 Å². The van der Waals surface area contributed by atoms with Gasteiger partial charge in [-0.2, -0.15) is 0 Å². The van der Waals surface area contributed by atoms with Gasteiger partial charge in [-0.3, -0.25) is 0 Å². The molecule has 5 nitrogen and oxygen atoms in total. The van der Waals surface area contributed by atoms with Gasteiger partial charge in [0.15, 0.2) is 0 Å². The molecule has 0 radical (unpaired) electrons. The highest BCUT2D eigenvalue weighted by molar-refractivity contribution is 5.68. The molecule has 5 heteroatoms. The number of aliphatic hydroxyl groups is 1. The van der Waals surface area contributed by atoms with Crippen molar-refractivity contribution >= 4 is 6.09 Å². The van der Waals surface area contributed by atoms with Crippen LogP contribution in [-0.2, 0) is 4.74 Å². The number of hydrogen-bond acceptors (Lipinski definition) is 4. The molecule has 1 aliphatic heterocycles. The fraction of sp³-hybridized carbons (Fsp3) is 0.933. The SMILES string of the molecule is CC(O)CCNCC1CCCCN1C(=O)OC(C)(C)C. The van der Waals surface area contributed by atoms with Crippen LogP contribution in [0.1, 0.15) is 53.4 Å². The number of nitrogens with zero attached hydrogens (tertiary/aromatic N) is 1. The summed E-state index contributed by atoms with van der Waals surface area (Å²) in [6.07, 6.45) is 3.46. The minimum Gasteiger partial charge on any atom is -0.444 e. The van der Waals surface area contributed by atoms with Crippen LogP contribution in [0.3, 0.4) is 0 Å². The van der Waals surface area contributed by atoms with Gasteiger partial charge in [0.05, 0.1) is 6.10 Å². The number of piperidine rings is 1. The first kappa shape index (κ1) is 17.2. The van der Waals surface area contributed by atoms with E-state index in [1.54, 1.807) is 6.92 Å². The molecule has 1 amide bonds. The fourth-order valence-corrected chi connectivity index (χ4v) is 2.35. The number of hydrogen-bond donors (Lipinski definition) is 2.